The summed E-state index contributed by atoms with van der Waals surface area (Å²) in [5.41, 5.74) is 2.94. The lowest BCUT2D eigenvalue weighted by atomic mass is 10.1. The monoisotopic (exact) mass is 451 g/mol. The van der Waals surface area contributed by atoms with E-state index in [4.69, 9.17) is 16.3 Å². The molecule has 1 heterocycles. The maximum Gasteiger partial charge on any atom is 0.257 e. The van der Waals surface area contributed by atoms with E-state index in [0.29, 0.717) is 16.6 Å². The predicted molar refractivity (Wildman–Crippen MR) is 117 cm³/mol. The summed E-state index contributed by atoms with van der Waals surface area (Å²) in [6, 6.07) is 10.1. The zero-order valence-corrected chi connectivity index (χ0v) is 18.2. The molecule has 1 aromatic heterocycles. The first-order chi connectivity index (χ1) is 13.7. The van der Waals surface area contributed by atoms with Crippen molar-refractivity contribution in [2.24, 2.45) is 0 Å². The second kappa shape index (κ2) is 8.40. The Morgan fingerprint density at radius 1 is 1.21 bits per heavy atom. The van der Waals surface area contributed by atoms with Crippen LogP contribution in [0.5, 0.6) is 5.75 Å². The van der Waals surface area contributed by atoms with Crippen LogP contribution in [-0.2, 0) is 10.0 Å². The number of benzene rings is 2. The van der Waals surface area contributed by atoms with Gasteiger partial charge in [-0.05, 0) is 37.3 Å². The number of aromatic nitrogens is 1. The summed E-state index contributed by atoms with van der Waals surface area (Å²) >= 11 is 7.27. The van der Waals surface area contributed by atoms with Crippen LogP contribution in [0.3, 0.4) is 0 Å². The Hall–Kier alpha value is -2.62. The molecule has 29 heavy (non-hydrogen) atoms. The standard InChI is InChI=1S/C19H18ClN3O4S2/c1-11-4-7-17(27-2)13(8-11)16-10-28-19(21-16)22-18(24)12-5-6-14(20)15(9-12)23-29(3,25)26/h4-10,23H,1-3H3,(H,21,22,24). The summed E-state index contributed by atoms with van der Waals surface area (Å²) in [5, 5.41) is 5.14. The Kier molecular flexibility index (Phi) is 6.11. The van der Waals surface area contributed by atoms with Crippen LogP contribution in [0.4, 0.5) is 10.8 Å². The van der Waals surface area contributed by atoms with Crippen molar-refractivity contribution in [2.45, 2.75) is 6.92 Å². The van der Waals surface area contributed by atoms with Crippen LogP contribution >= 0.6 is 22.9 Å². The lowest BCUT2D eigenvalue weighted by Gasteiger charge is -2.09. The van der Waals surface area contributed by atoms with E-state index >= 15 is 0 Å². The maximum atomic E-state index is 12.6. The minimum atomic E-state index is -3.53. The molecule has 2 N–H and O–H groups in total. The lowest BCUT2D eigenvalue weighted by Crippen LogP contribution is -2.14. The molecule has 0 atom stereocenters. The molecule has 10 heteroatoms. The molecule has 0 spiro atoms. The molecule has 0 aliphatic rings. The number of amides is 1. The van der Waals surface area contributed by atoms with Crippen molar-refractivity contribution in [1.29, 1.82) is 0 Å². The fourth-order valence-electron chi connectivity index (χ4n) is 2.59. The molecule has 0 radical (unpaired) electrons. The van der Waals surface area contributed by atoms with Gasteiger partial charge in [0, 0.05) is 16.5 Å². The van der Waals surface area contributed by atoms with E-state index in [1.165, 1.54) is 29.5 Å². The Labute approximate surface area is 177 Å². The number of hydrogen-bond acceptors (Lipinski definition) is 6. The molecule has 2 aromatic carbocycles. The summed E-state index contributed by atoms with van der Waals surface area (Å²) in [7, 11) is -1.94. The summed E-state index contributed by atoms with van der Waals surface area (Å²) in [6.07, 6.45) is 1.01. The normalized spacial score (nSPS) is 11.2. The summed E-state index contributed by atoms with van der Waals surface area (Å²) in [5.74, 6) is 0.253. The quantitative estimate of drug-likeness (QED) is 0.578. The zero-order chi connectivity index (χ0) is 21.2. The van der Waals surface area contributed by atoms with Gasteiger partial charge in [-0.25, -0.2) is 13.4 Å². The molecular formula is C19H18ClN3O4S2. The molecular weight excluding hydrogens is 434 g/mol. The van der Waals surface area contributed by atoms with Crippen molar-refractivity contribution in [3.8, 4) is 17.0 Å². The number of aryl methyl sites for hydroxylation is 1. The Morgan fingerprint density at radius 3 is 2.66 bits per heavy atom. The van der Waals surface area contributed by atoms with Gasteiger partial charge in [-0.15, -0.1) is 11.3 Å². The molecule has 0 fully saturated rings. The van der Waals surface area contributed by atoms with E-state index in [1.807, 2.05) is 30.5 Å². The zero-order valence-electron chi connectivity index (χ0n) is 15.8. The molecule has 152 valence electrons. The van der Waals surface area contributed by atoms with Gasteiger partial charge in [-0.3, -0.25) is 14.8 Å². The number of nitrogens with zero attached hydrogens (tertiary/aromatic N) is 1. The molecule has 0 aliphatic carbocycles. The number of rotatable bonds is 6. The van der Waals surface area contributed by atoms with Crippen LogP contribution in [0.15, 0.2) is 41.8 Å². The van der Waals surface area contributed by atoms with E-state index in [-0.39, 0.29) is 16.3 Å². The van der Waals surface area contributed by atoms with Gasteiger partial charge in [0.1, 0.15) is 5.75 Å². The summed E-state index contributed by atoms with van der Waals surface area (Å²) in [4.78, 5) is 17.0. The van der Waals surface area contributed by atoms with Crippen molar-refractivity contribution in [2.75, 3.05) is 23.4 Å². The average Bonchev–Trinajstić information content (AvgIpc) is 3.10. The van der Waals surface area contributed by atoms with E-state index in [2.05, 4.69) is 15.0 Å². The van der Waals surface area contributed by atoms with Gasteiger partial charge in [0.15, 0.2) is 5.13 Å². The van der Waals surface area contributed by atoms with Crippen molar-refractivity contribution in [3.05, 3.63) is 57.9 Å². The van der Waals surface area contributed by atoms with Crippen LogP contribution < -0.4 is 14.8 Å². The highest BCUT2D eigenvalue weighted by molar-refractivity contribution is 7.92. The maximum absolute atomic E-state index is 12.6. The first-order valence-electron chi connectivity index (χ1n) is 8.35. The highest BCUT2D eigenvalue weighted by atomic mass is 35.5. The molecule has 0 unspecified atom stereocenters. The van der Waals surface area contributed by atoms with Crippen LogP contribution in [0.1, 0.15) is 15.9 Å². The predicted octanol–water partition coefficient (Wildman–Crippen LogP) is 4.40. The third kappa shape index (κ3) is 5.26. The average molecular weight is 452 g/mol. The largest absolute Gasteiger partial charge is 0.496 e. The molecule has 3 rings (SSSR count). The number of halogens is 1. The molecule has 0 saturated heterocycles. The number of ether oxygens (including phenoxy) is 1. The van der Waals surface area contributed by atoms with Crippen molar-refractivity contribution in [1.82, 2.24) is 4.98 Å². The highest BCUT2D eigenvalue weighted by Gasteiger charge is 2.15. The number of thiazole rings is 1. The number of carbonyl (C=O) groups excluding carboxylic acids is 1. The smallest absolute Gasteiger partial charge is 0.257 e. The van der Waals surface area contributed by atoms with E-state index < -0.39 is 15.9 Å². The second-order valence-corrected chi connectivity index (χ2v) is 9.28. The van der Waals surface area contributed by atoms with Gasteiger partial charge in [0.05, 0.1) is 29.8 Å². The molecule has 0 saturated carbocycles. The molecule has 3 aromatic rings. The third-order valence-electron chi connectivity index (χ3n) is 3.88. The van der Waals surface area contributed by atoms with Gasteiger partial charge in [-0.1, -0.05) is 23.2 Å². The van der Waals surface area contributed by atoms with Gasteiger partial charge in [0.25, 0.3) is 5.91 Å². The Bertz CT molecular complexity index is 1180. The molecule has 7 nitrogen and oxygen atoms in total. The number of nitrogens with one attached hydrogen (secondary N) is 2. The fourth-order valence-corrected chi connectivity index (χ4v) is 4.09. The van der Waals surface area contributed by atoms with Crippen molar-refractivity contribution < 1.29 is 17.9 Å². The summed E-state index contributed by atoms with van der Waals surface area (Å²) < 4.78 is 30.6. The molecule has 0 aliphatic heterocycles. The first-order valence-corrected chi connectivity index (χ1v) is 11.5. The van der Waals surface area contributed by atoms with Crippen LogP contribution in [0, 0.1) is 6.92 Å². The van der Waals surface area contributed by atoms with E-state index in [1.54, 1.807) is 7.11 Å². The number of hydrogen-bond donors (Lipinski definition) is 2. The SMILES string of the molecule is COc1ccc(C)cc1-c1csc(NC(=O)c2ccc(Cl)c(NS(C)(=O)=O)c2)n1. The third-order valence-corrected chi connectivity index (χ3v) is 5.56. The number of carbonyl (C=O) groups is 1. The molecule has 0 bridgehead atoms. The van der Waals surface area contributed by atoms with Gasteiger partial charge < -0.3 is 4.74 Å². The fraction of sp³-hybridized carbons (Fsp3) is 0.158. The van der Waals surface area contributed by atoms with Crippen LogP contribution in [0.2, 0.25) is 5.02 Å². The van der Waals surface area contributed by atoms with Gasteiger partial charge in [-0.2, -0.15) is 0 Å². The summed E-state index contributed by atoms with van der Waals surface area (Å²) in [6.45, 7) is 1.97. The van der Waals surface area contributed by atoms with Crippen molar-refractivity contribution in [3.63, 3.8) is 0 Å². The van der Waals surface area contributed by atoms with Gasteiger partial charge in [0.2, 0.25) is 10.0 Å². The number of anilines is 2. The van der Waals surface area contributed by atoms with E-state index in [0.717, 1.165) is 17.4 Å². The number of methoxy groups -OCH3 is 1. The lowest BCUT2D eigenvalue weighted by molar-refractivity contribution is 0.102. The molecule has 1 amide bonds. The van der Waals surface area contributed by atoms with Crippen molar-refractivity contribution >= 4 is 49.7 Å². The first kappa shape index (κ1) is 21.1. The number of sulfonamides is 1. The van der Waals surface area contributed by atoms with E-state index in [9.17, 15) is 13.2 Å². The van der Waals surface area contributed by atoms with Gasteiger partial charge >= 0.3 is 0 Å². The highest BCUT2D eigenvalue weighted by Crippen LogP contribution is 2.33. The van der Waals surface area contributed by atoms with Crippen LogP contribution in [0.25, 0.3) is 11.3 Å². The van der Waals surface area contributed by atoms with Crippen LogP contribution in [-0.4, -0.2) is 32.7 Å². The Morgan fingerprint density at radius 2 is 1.97 bits per heavy atom. The minimum absolute atomic E-state index is 0.131. The second-order valence-electron chi connectivity index (χ2n) is 6.26. The Balaban J connectivity index is 1.83. The topological polar surface area (TPSA) is 97.4 Å². The minimum Gasteiger partial charge on any atom is -0.496 e.